The van der Waals surface area contributed by atoms with E-state index in [1.807, 2.05) is 0 Å². The topological polar surface area (TPSA) is 52.6 Å². The van der Waals surface area contributed by atoms with Crippen LogP contribution in [0.3, 0.4) is 0 Å². The number of aliphatic hydroxyl groups excluding tert-OH is 1. The summed E-state index contributed by atoms with van der Waals surface area (Å²) >= 11 is 0. The lowest BCUT2D eigenvalue weighted by molar-refractivity contribution is -0.129. The fourth-order valence-electron chi connectivity index (χ4n) is 3.22. The molecule has 2 rings (SSSR count). The van der Waals surface area contributed by atoms with Crippen LogP contribution in [0.4, 0.5) is 0 Å². The van der Waals surface area contributed by atoms with Gasteiger partial charge in [0.2, 0.25) is 5.91 Å². The number of amides is 1. The first-order valence-corrected chi connectivity index (χ1v) is 6.69. The van der Waals surface area contributed by atoms with Crippen molar-refractivity contribution in [2.45, 2.75) is 51.2 Å². The molecule has 4 heteroatoms. The molecule has 17 heavy (non-hydrogen) atoms. The van der Waals surface area contributed by atoms with Gasteiger partial charge in [0.05, 0.1) is 11.5 Å². The van der Waals surface area contributed by atoms with Crippen LogP contribution in [0.2, 0.25) is 0 Å². The predicted octanol–water partition coefficient (Wildman–Crippen LogP) is 0.748. The smallest absolute Gasteiger partial charge is 0.227 e. The van der Waals surface area contributed by atoms with Crippen LogP contribution in [0.25, 0.3) is 0 Å². The van der Waals surface area contributed by atoms with Crippen LogP contribution in [-0.4, -0.2) is 48.2 Å². The highest BCUT2D eigenvalue weighted by Crippen LogP contribution is 2.34. The van der Waals surface area contributed by atoms with Gasteiger partial charge in [0.15, 0.2) is 0 Å². The number of carbonyl (C=O) groups excluding carboxylic acids is 1. The molecule has 98 valence electrons. The number of carbonyl (C=O) groups is 1. The van der Waals surface area contributed by atoms with Crippen LogP contribution in [-0.2, 0) is 4.79 Å². The zero-order valence-corrected chi connectivity index (χ0v) is 10.9. The molecule has 1 aliphatic carbocycles. The van der Waals surface area contributed by atoms with Gasteiger partial charge in [-0.15, -0.1) is 0 Å². The van der Waals surface area contributed by atoms with E-state index in [0.717, 1.165) is 45.2 Å². The van der Waals surface area contributed by atoms with E-state index < -0.39 is 0 Å². The van der Waals surface area contributed by atoms with Crippen molar-refractivity contribution < 1.29 is 9.90 Å². The monoisotopic (exact) mass is 240 g/mol. The largest absolute Gasteiger partial charge is 0.393 e. The van der Waals surface area contributed by atoms with Gasteiger partial charge in [-0.1, -0.05) is 0 Å². The van der Waals surface area contributed by atoms with Crippen LogP contribution in [0.1, 0.15) is 39.0 Å². The minimum Gasteiger partial charge on any atom is -0.393 e. The van der Waals surface area contributed by atoms with E-state index in [-0.39, 0.29) is 17.4 Å². The Labute approximate surface area is 103 Å². The van der Waals surface area contributed by atoms with Crippen molar-refractivity contribution in [1.82, 2.24) is 10.2 Å². The minimum absolute atomic E-state index is 0.0980. The summed E-state index contributed by atoms with van der Waals surface area (Å²) in [6.07, 6.45) is 4.83. The van der Waals surface area contributed by atoms with E-state index in [0.29, 0.717) is 6.04 Å². The van der Waals surface area contributed by atoms with Gasteiger partial charge in [0, 0.05) is 19.6 Å². The van der Waals surface area contributed by atoms with Crippen molar-refractivity contribution in [3.05, 3.63) is 0 Å². The quantitative estimate of drug-likeness (QED) is 0.749. The van der Waals surface area contributed by atoms with Gasteiger partial charge >= 0.3 is 0 Å². The highest BCUT2D eigenvalue weighted by Gasteiger charge is 2.42. The summed E-state index contributed by atoms with van der Waals surface area (Å²) in [7, 11) is 1.72. The highest BCUT2D eigenvalue weighted by molar-refractivity contribution is 5.82. The van der Waals surface area contributed by atoms with Gasteiger partial charge in [-0.25, -0.2) is 0 Å². The van der Waals surface area contributed by atoms with Gasteiger partial charge in [-0.3, -0.25) is 9.69 Å². The molecule has 1 amide bonds. The second kappa shape index (κ2) is 4.94. The summed E-state index contributed by atoms with van der Waals surface area (Å²) in [5.74, 6) is 0.163. The Morgan fingerprint density at radius 1 is 1.35 bits per heavy atom. The Morgan fingerprint density at radius 3 is 2.59 bits per heavy atom. The Kier molecular flexibility index (Phi) is 3.73. The fraction of sp³-hybridized carbons (Fsp3) is 0.923. The highest BCUT2D eigenvalue weighted by atomic mass is 16.3. The van der Waals surface area contributed by atoms with E-state index in [9.17, 15) is 9.90 Å². The number of likely N-dealkylation sites (tertiary alicyclic amines) is 1. The summed E-state index contributed by atoms with van der Waals surface area (Å²) in [6, 6.07) is 0.574. The van der Waals surface area contributed by atoms with E-state index in [2.05, 4.69) is 17.1 Å². The first-order valence-electron chi connectivity index (χ1n) is 6.69. The van der Waals surface area contributed by atoms with Crippen molar-refractivity contribution in [2.75, 3.05) is 20.1 Å². The number of nitrogens with one attached hydrogen (secondary N) is 1. The molecule has 0 radical (unpaired) electrons. The molecular weight excluding hydrogens is 216 g/mol. The Balaban J connectivity index is 1.91. The van der Waals surface area contributed by atoms with Gasteiger partial charge < -0.3 is 10.4 Å². The number of hydrogen-bond donors (Lipinski definition) is 2. The molecule has 1 atom stereocenters. The maximum Gasteiger partial charge on any atom is 0.227 e. The number of nitrogens with zero attached hydrogens (tertiary/aromatic N) is 1. The molecule has 1 saturated heterocycles. The average Bonchev–Trinajstić information content (AvgIpc) is 2.73. The second-order valence-corrected chi connectivity index (χ2v) is 5.82. The summed E-state index contributed by atoms with van der Waals surface area (Å²) in [6.45, 7) is 3.95. The van der Waals surface area contributed by atoms with Crippen LogP contribution in [0, 0.1) is 5.41 Å². The number of hydrogen-bond acceptors (Lipinski definition) is 3. The van der Waals surface area contributed by atoms with E-state index >= 15 is 0 Å². The molecule has 1 aliphatic heterocycles. The normalized spacial score (nSPS) is 39.2. The lowest BCUT2D eigenvalue weighted by Crippen LogP contribution is -2.42. The molecule has 4 nitrogen and oxygen atoms in total. The molecule has 0 bridgehead atoms. The Morgan fingerprint density at radius 2 is 2.00 bits per heavy atom. The van der Waals surface area contributed by atoms with E-state index in [4.69, 9.17) is 0 Å². The molecule has 0 aromatic rings. The third-order valence-corrected chi connectivity index (χ3v) is 4.46. The van der Waals surface area contributed by atoms with Gasteiger partial charge in [-0.2, -0.15) is 0 Å². The third-order valence-electron chi connectivity index (χ3n) is 4.46. The Hall–Kier alpha value is -0.610. The molecular formula is C13H24N2O2. The summed E-state index contributed by atoms with van der Waals surface area (Å²) in [4.78, 5) is 14.3. The lowest BCUT2D eigenvalue weighted by atomic mass is 9.88. The van der Waals surface area contributed by atoms with Crippen molar-refractivity contribution in [1.29, 1.82) is 0 Å². The first kappa shape index (κ1) is 12.8. The fourth-order valence-corrected chi connectivity index (χ4v) is 3.22. The van der Waals surface area contributed by atoms with Crippen molar-refractivity contribution in [3.63, 3.8) is 0 Å². The maximum absolute atomic E-state index is 11.8. The van der Waals surface area contributed by atoms with Crippen molar-refractivity contribution >= 4 is 5.91 Å². The van der Waals surface area contributed by atoms with Crippen LogP contribution in [0.15, 0.2) is 0 Å². The molecule has 1 saturated carbocycles. The predicted molar refractivity (Wildman–Crippen MR) is 66.6 cm³/mol. The second-order valence-electron chi connectivity index (χ2n) is 5.82. The summed E-state index contributed by atoms with van der Waals surface area (Å²) in [5, 5.41) is 12.3. The minimum atomic E-state index is -0.217. The molecule has 2 fully saturated rings. The van der Waals surface area contributed by atoms with Gasteiger partial charge in [0.1, 0.15) is 0 Å². The molecule has 1 heterocycles. The zero-order valence-electron chi connectivity index (χ0n) is 10.9. The van der Waals surface area contributed by atoms with Crippen LogP contribution >= 0.6 is 0 Å². The standard InChI is InChI=1S/C13H24N2O2/c1-13(12(17)14-2)7-8-15(9-13)10-3-5-11(16)6-4-10/h10-11,16H,3-9H2,1-2H3,(H,14,17). The third kappa shape index (κ3) is 2.63. The lowest BCUT2D eigenvalue weighted by Gasteiger charge is -2.34. The van der Waals surface area contributed by atoms with Crippen LogP contribution < -0.4 is 5.32 Å². The van der Waals surface area contributed by atoms with E-state index in [1.54, 1.807) is 7.05 Å². The van der Waals surface area contributed by atoms with Crippen molar-refractivity contribution in [2.24, 2.45) is 5.41 Å². The maximum atomic E-state index is 11.8. The summed E-state index contributed by atoms with van der Waals surface area (Å²) < 4.78 is 0. The number of aliphatic hydroxyl groups is 1. The average molecular weight is 240 g/mol. The molecule has 0 aromatic carbocycles. The van der Waals surface area contributed by atoms with Gasteiger partial charge in [-0.05, 0) is 45.6 Å². The number of rotatable bonds is 2. The van der Waals surface area contributed by atoms with E-state index in [1.165, 1.54) is 0 Å². The van der Waals surface area contributed by atoms with Crippen LogP contribution in [0.5, 0.6) is 0 Å². The molecule has 0 aromatic heterocycles. The molecule has 2 aliphatic rings. The molecule has 0 spiro atoms. The summed E-state index contributed by atoms with van der Waals surface area (Å²) in [5.41, 5.74) is -0.217. The SMILES string of the molecule is CNC(=O)C1(C)CCN(C2CCC(O)CC2)C1. The molecule has 1 unspecified atom stereocenters. The van der Waals surface area contributed by atoms with Crippen molar-refractivity contribution in [3.8, 4) is 0 Å². The zero-order chi connectivity index (χ0) is 12.5. The first-order chi connectivity index (χ1) is 8.05. The molecule has 2 N–H and O–H groups in total. The van der Waals surface area contributed by atoms with Gasteiger partial charge in [0.25, 0.3) is 0 Å². The Bertz CT molecular complexity index is 287.